The first-order chi connectivity index (χ1) is 4.19. The SMILES string of the molecule is C[C@]1(CO)CCC[C@@H]1O. The predicted molar refractivity (Wildman–Crippen MR) is 35.1 cm³/mol. The second-order valence-corrected chi connectivity index (χ2v) is 3.22. The molecule has 0 spiro atoms. The van der Waals surface area contributed by atoms with Gasteiger partial charge in [0, 0.05) is 5.41 Å². The molecule has 0 radical (unpaired) electrons. The smallest absolute Gasteiger partial charge is 0.0615 e. The summed E-state index contributed by atoms with van der Waals surface area (Å²) in [5, 5.41) is 18.1. The number of rotatable bonds is 1. The second-order valence-electron chi connectivity index (χ2n) is 3.22. The molecule has 2 atom stereocenters. The van der Waals surface area contributed by atoms with E-state index in [9.17, 15) is 5.11 Å². The molecule has 2 N–H and O–H groups in total. The molecule has 0 aliphatic heterocycles. The fourth-order valence-electron chi connectivity index (χ4n) is 1.40. The molecule has 1 aliphatic rings. The van der Waals surface area contributed by atoms with Crippen molar-refractivity contribution >= 4 is 0 Å². The van der Waals surface area contributed by atoms with E-state index >= 15 is 0 Å². The summed E-state index contributed by atoms with van der Waals surface area (Å²) in [6, 6.07) is 0. The standard InChI is InChI=1S/C7H14O2/c1-7(5-8)4-2-3-6(7)9/h6,8-9H,2-5H2,1H3/t6-,7+/m0/s1. The lowest BCUT2D eigenvalue weighted by Gasteiger charge is -2.24. The Morgan fingerprint density at radius 2 is 2.33 bits per heavy atom. The van der Waals surface area contributed by atoms with Crippen molar-refractivity contribution in [2.24, 2.45) is 5.41 Å². The van der Waals surface area contributed by atoms with Gasteiger partial charge in [-0.1, -0.05) is 13.3 Å². The molecule has 1 fully saturated rings. The highest BCUT2D eigenvalue weighted by Gasteiger charge is 2.36. The first-order valence-corrected chi connectivity index (χ1v) is 3.48. The first-order valence-electron chi connectivity index (χ1n) is 3.48. The van der Waals surface area contributed by atoms with Crippen molar-refractivity contribution in [3.63, 3.8) is 0 Å². The van der Waals surface area contributed by atoms with Crippen LogP contribution in [0.3, 0.4) is 0 Å². The van der Waals surface area contributed by atoms with E-state index in [1.807, 2.05) is 6.92 Å². The Morgan fingerprint density at radius 3 is 2.56 bits per heavy atom. The van der Waals surface area contributed by atoms with Gasteiger partial charge in [-0.2, -0.15) is 0 Å². The van der Waals surface area contributed by atoms with E-state index in [2.05, 4.69) is 0 Å². The summed E-state index contributed by atoms with van der Waals surface area (Å²) in [6.07, 6.45) is 2.60. The quantitative estimate of drug-likeness (QED) is 0.543. The number of hydrogen-bond acceptors (Lipinski definition) is 2. The minimum Gasteiger partial charge on any atom is -0.396 e. The minimum absolute atomic E-state index is 0.119. The zero-order valence-corrected chi connectivity index (χ0v) is 5.80. The van der Waals surface area contributed by atoms with E-state index in [0.717, 1.165) is 19.3 Å². The molecule has 1 saturated carbocycles. The van der Waals surface area contributed by atoms with Crippen molar-refractivity contribution in [1.82, 2.24) is 0 Å². The fraction of sp³-hybridized carbons (Fsp3) is 1.00. The highest BCUT2D eigenvalue weighted by atomic mass is 16.3. The Balaban J connectivity index is 2.56. The summed E-state index contributed by atoms with van der Waals surface area (Å²) in [6.45, 7) is 2.05. The molecule has 9 heavy (non-hydrogen) atoms. The van der Waals surface area contributed by atoms with E-state index in [1.54, 1.807) is 0 Å². The maximum absolute atomic E-state index is 9.29. The van der Waals surface area contributed by atoms with Crippen LogP contribution in [0.2, 0.25) is 0 Å². The highest BCUT2D eigenvalue weighted by Crippen LogP contribution is 2.36. The number of hydrogen-bond donors (Lipinski definition) is 2. The summed E-state index contributed by atoms with van der Waals surface area (Å²) in [5.41, 5.74) is -0.194. The molecule has 0 unspecified atom stereocenters. The molecule has 1 rings (SSSR count). The molecule has 0 saturated heterocycles. The van der Waals surface area contributed by atoms with Crippen LogP contribution >= 0.6 is 0 Å². The molecule has 0 aromatic rings. The van der Waals surface area contributed by atoms with Crippen LogP contribution in [0.1, 0.15) is 26.2 Å². The molecule has 2 nitrogen and oxygen atoms in total. The summed E-state index contributed by atoms with van der Waals surface area (Å²) in [5.74, 6) is 0. The Hall–Kier alpha value is -0.0800. The molecule has 0 bridgehead atoms. The van der Waals surface area contributed by atoms with E-state index in [4.69, 9.17) is 5.11 Å². The maximum atomic E-state index is 9.29. The van der Waals surface area contributed by atoms with E-state index in [-0.39, 0.29) is 18.1 Å². The van der Waals surface area contributed by atoms with Crippen LogP contribution in [0.5, 0.6) is 0 Å². The van der Waals surface area contributed by atoms with Crippen LogP contribution in [0.25, 0.3) is 0 Å². The molecule has 2 heteroatoms. The van der Waals surface area contributed by atoms with Crippen LogP contribution in [0, 0.1) is 5.41 Å². The van der Waals surface area contributed by atoms with Gasteiger partial charge in [0.15, 0.2) is 0 Å². The van der Waals surface area contributed by atoms with Gasteiger partial charge in [0.05, 0.1) is 12.7 Å². The number of aliphatic hydroxyl groups is 2. The van der Waals surface area contributed by atoms with Crippen molar-refractivity contribution in [1.29, 1.82) is 0 Å². The number of aliphatic hydroxyl groups excluding tert-OH is 2. The Bertz CT molecular complexity index is 103. The monoisotopic (exact) mass is 130 g/mol. The van der Waals surface area contributed by atoms with Gasteiger partial charge in [-0.05, 0) is 12.8 Å². The third kappa shape index (κ3) is 1.10. The van der Waals surface area contributed by atoms with Gasteiger partial charge in [-0.15, -0.1) is 0 Å². The van der Waals surface area contributed by atoms with Gasteiger partial charge in [-0.3, -0.25) is 0 Å². The zero-order valence-electron chi connectivity index (χ0n) is 5.80. The molecule has 1 aliphatic carbocycles. The van der Waals surface area contributed by atoms with Gasteiger partial charge >= 0.3 is 0 Å². The highest BCUT2D eigenvalue weighted by molar-refractivity contribution is 4.87. The van der Waals surface area contributed by atoms with Crippen LogP contribution in [0.15, 0.2) is 0 Å². The van der Waals surface area contributed by atoms with Crippen molar-refractivity contribution in [3.05, 3.63) is 0 Å². The summed E-state index contributed by atoms with van der Waals surface area (Å²) in [7, 11) is 0. The van der Waals surface area contributed by atoms with Gasteiger partial charge in [-0.25, -0.2) is 0 Å². The van der Waals surface area contributed by atoms with Crippen LogP contribution in [-0.4, -0.2) is 22.9 Å². The Morgan fingerprint density at radius 1 is 1.67 bits per heavy atom. The molecule has 54 valence electrons. The van der Waals surface area contributed by atoms with Crippen LogP contribution in [-0.2, 0) is 0 Å². The van der Waals surface area contributed by atoms with Crippen molar-refractivity contribution in [3.8, 4) is 0 Å². The largest absolute Gasteiger partial charge is 0.396 e. The molecule has 0 heterocycles. The first kappa shape index (κ1) is 7.03. The maximum Gasteiger partial charge on any atom is 0.0615 e. The lowest BCUT2D eigenvalue weighted by molar-refractivity contribution is 0.0201. The van der Waals surface area contributed by atoms with Crippen molar-refractivity contribution < 1.29 is 10.2 Å². The predicted octanol–water partition coefficient (Wildman–Crippen LogP) is 0.530. The van der Waals surface area contributed by atoms with E-state index < -0.39 is 0 Å². The Kier molecular flexibility index (Phi) is 1.78. The molecular formula is C7H14O2. The van der Waals surface area contributed by atoms with Crippen LogP contribution in [0.4, 0.5) is 0 Å². The zero-order chi connectivity index (χ0) is 6.91. The summed E-state index contributed by atoms with van der Waals surface area (Å²) in [4.78, 5) is 0. The second kappa shape index (κ2) is 2.27. The van der Waals surface area contributed by atoms with Crippen molar-refractivity contribution in [2.45, 2.75) is 32.3 Å². The lowest BCUT2D eigenvalue weighted by Crippen LogP contribution is -2.29. The van der Waals surface area contributed by atoms with Crippen LogP contribution < -0.4 is 0 Å². The fourth-order valence-corrected chi connectivity index (χ4v) is 1.40. The van der Waals surface area contributed by atoms with Gasteiger partial charge in [0.2, 0.25) is 0 Å². The summed E-state index contributed by atoms with van der Waals surface area (Å²) < 4.78 is 0. The average molecular weight is 130 g/mol. The molecule has 0 amide bonds. The van der Waals surface area contributed by atoms with Gasteiger partial charge in [0.1, 0.15) is 0 Å². The molecule has 0 aromatic carbocycles. The van der Waals surface area contributed by atoms with Crippen molar-refractivity contribution in [2.75, 3.05) is 6.61 Å². The third-order valence-corrected chi connectivity index (χ3v) is 2.39. The van der Waals surface area contributed by atoms with E-state index in [1.165, 1.54) is 0 Å². The molecular weight excluding hydrogens is 116 g/mol. The van der Waals surface area contributed by atoms with E-state index in [0.29, 0.717) is 0 Å². The molecule has 0 aromatic heterocycles. The average Bonchev–Trinajstić information content (AvgIpc) is 2.15. The Labute approximate surface area is 55.5 Å². The lowest BCUT2D eigenvalue weighted by atomic mass is 9.88. The summed E-state index contributed by atoms with van der Waals surface area (Å²) >= 11 is 0. The third-order valence-electron chi connectivity index (χ3n) is 2.39. The minimum atomic E-state index is -0.275. The van der Waals surface area contributed by atoms with Gasteiger partial charge in [0.25, 0.3) is 0 Å². The topological polar surface area (TPSA) is 40.5 Å². The van der Waals surface area contributed by atoms with Gasteiger partial charge < -0.3 is 10.2 Å². The normalized spacial score (nSPS) is 43.7.